The van der Waals surface area contributed by atoms with Crippen LogP contribution in [0.3, 0.4) is 0 Å². The number of aliphatic hydroxyl groups is 1. The predicted octanol–water partition coefficient (Wildman–Crippen LogP) is 5.98. The molecule has 0 heterocycles. The second-order valence-electron chi connectivity index (χ2n) is 7.13. The van der Waals surface area contributed by atoms with Crippen LogP contribution in [0.25, 0.3) is 0 Å². The van der Waals surface area contributed by atoms with Crippen molar-refractivity contribution in [2.75, 3.05) is 7.05 Å². The second kappa shape index (κ2) is 10.7. The van der Waals surface area contributed by atoms with Gasteiger partial charge in [0.2, 0.25) is 0 Å². The molecule has 0 aliphatic rings. The van der Waals surface area contributed by atoms with Crippen LogP contribution in [0.2, 0.25) is 0 Å². The van der Waals surface area contributed by atoms with Crippen LogP contribution >= 0.6 is 11.8 Å². The van der Waals surface area contributed by atoms with Crippen LogP contribution in [0.5, 0.6) is 0 Å². The average molecular weight is 415 g/mol. The molecule has 0 aromatic heterocycles. The third-order valence-electron chi connectivity index (χ3n) is 5.15. The van der Waals surface area contributed by atoms with Crippen molar-refractivity contribution in [1.82, 2.24) is 4.90 Å². The molecule has 0 saturated carbocycles. The van der Waals surface area contributed by atoms with Gasteiger partial charge < -0.3 is 10.0 Å². The topological polar surface area (TPSA) is 47.3 Å². The summed E-state index contributed by atoms with van der Waals surface area (Å²) in [5.41, 5.74) is 2.51. The summed E-state index contributed by atoms with van der Waals surface area (Å²) in [5, 5.41) is 20.7. The van der Waals surface area contributed by atoms with Crippen molar-refractivity contribution in [3.8, 4) is 6.07 Å². The van der Waals surface area contributed by atoms with E-state index in [1.165, 1.54) is 0 Å². The van der Waals surface area contributed by atoms with Gasteiger partial charge in [-0.3, -0.25) is 0 Å². The Balaban J connectivity index is 1.88. The summed E-state index contributed by atoms with van der Waals surface area (Å²) < 4.78 is 0. The molecule has 3 aromatic rings. The van der Waals surface area contributed by atoms with Gasteiger partial charge in [0, 0.05) is 11.9 Å². The normalized spacial score (nSPS) is 14.4. The van der Waals surface area contributed by atoms with E-state index in [1.54, 1.807) is 11.8 Å². The SMILES string of the molecule is C[C@@H]([C@H](O)c1ccccc1)N(C)/C(C#N)=C\[C@H](Sc1ccccc1)c1ccccc1. The van der Waals surface area contributed by atoms with Crippen molar-refractivity contribution in [3.63, 3.8) is 0 Å². The van der Waals surface area contributed by atoms with E-state index in [9.17, 15) is 10.4 Å². The summed E-state index contributed by atoms with van der Waals surface area (Å²) in [6.07, 6.45) is 1.30. The van der Waals surface area contributed by atoms with E-state index in [2.05, 4.69) is 30.3 Å². The summed E-state index contributed by atoms with van der Waals surface area (Å²) in [7, 11) is 1.86. The van der Waals surface area contributed by atoms with E-state index in [0.29, 0.717) is 5.70 Å². The summed E-state index contributed by atoms with van der Waals surface area (Å²) >= 11 is 1.70. The number of aliphatic hydroxyl groups excluding tert-OH is 1. The van der Waals surface area contributed by atoms with Gasteiger partial charge in [-0.05, 0) is 36.3 Å². The van der Waals surface area contributed by atoms with Gasteiger partial charge in [0.15, 0.2) is 0 Å². The molecule has 0 saturated heterocycles. The summed E-state index contributed by atoms with van der Waals surface area (Å²) in [6, 6.07) is 32.0. The molecule has 4 heteroatoms. The van der Waals surface area contributed by atoms with Gasteiger partial charge in [0.25, 0.3) is 0 Å². The average Bonchev–Trinajstić information content (AvgIpc) is 2.82. The van der Waals surface area contributed by atoms with Gasteiger partial charge in [-0.1, -0.05) is 78.9 Å². The standard InChI is InChI=1S/C26H26N2OS/c1-20(26(29)22-14-8-4-9-15-22)28(2)23(19-27)18-25(21-12-6-3-7-13-21)30-24-16-10-5-11-17-24/h3-18,20,25-26,29H,1-2H3/b23-18-/t20-,25-,26-/m0/s1. The number of hydrogen-bond acceptors (Lipinski definition) is 4. The van der Waals surface area contributed by atoms with Crippen LogP contribution in [0.15, 0.2) is 108 Å². The lowest BCUT2D eigenvalue weighted by atomic mass is 10.0. The second-order valence-corrected chi connectivity index (χ2v) is 8.35. The molecule has 0 radical (unpaired) electrons. The van der Waals surface area contributed by atoms with Crippen LogP contribution < -0.4 is 0 Å². The molecule has 0 fully saturated rings. The first kappa shape index (κ1) is 21.7. The molecule has 3 nitrogen and oxygen atoms in total. The lowest BCUT2D eigenvalue weighted by Gasteiger charge is -2.31. The van der Waals surface area contributed by atoms with E-state index >= 15 is 0 Å². The van der Waals surface area contributed by atoms with Crippen LogP contribution in [0.4, 0.5) is 0 Å². The molecule has 0 bridgehead atoms. The molecule has 152 valence electrons. The molecule has 3 atom stereocenters. The van der Waals surface area contributed by atoms with E-state index < -0.39 is 6.10 Å². The lowest BCUT2D eigenvalue weighted by molar-refractivity contribution is 0.0912. The minimum Gasteiger partial charge on any atom is -0.386 e. The van der Waals surface area contributed by atoms with Crippen molar-refractivity contribution in [2.24, 2.45) is 0 Å². The first-order valence-corrected chi connectivity index (χ1v) is 10.8. The molecular weight excluding hydrogens is 388 g/mol. The number of hydrogen-bond donors (Lipinski definition) is 1. The molecular formula is C26H26N2OS. The van der Waals surface area contributed by atoms with Gasteiger partial charge >= 0.3 is 0 Å². The Morgan fingerprint density at radius 1 is 0.900 bits per heavy atom. The van der Waals surface area contributed by atoms with E-state index in [0.717, 1.165) is 16.0 Å². The Bertz CT molecular complexity index is 984. The molecule has 0 aliphatic heterocycles. The zero-order valence-corrected chi connectivity index (χ0v) is 18.0. The van der Waals surface area contributed by atoms with E-state index in [1.807, 2.05) is 91.7 Å². The number of thioether (sulfide) groups is 1. The van der Waals surface area contributed by atoms with Crippen LogP contribution in [0.1, 0.15) is 29.4 Å². The molecule has 0 spiro atoms. The van der Waals surface area contributed by atoms with Crippen LogP contribution in [-0.4, -0.2) is 23.1 Å². The van der Waals surface area contributed by atoms with Gasteiger partial charge in [0.05, 0.1) is 17.4 Å². The lowest BCUT2D eigenvalue weighted by Crippen LogP contribution is -2.33. The number of likely N-dealkylation sites (N-methyl/N-ethyl adjacent to an activating group) is 1. The quantitative estimate of drug-likeness (QED) is 0.364. The molecule has 0 unspecified atom stereocenters. The zero-order chi connectivity index (χ0) is 21.3. The van der Waals surface area contributed by atoms with Crippen LogP contribution in [-0.2, 0) is 0 Å². The number of allylic oxidation sites excluding steroid dienone is 1. The number of nitrogens with zero attached hydrogens (tertiary/aromatic N) is 2. The number of rotatable bonds is 8. The summed E-state index contributed by atoms with van der Waals surface area (Å²) in [5.74, 6) is 0. The largest absolute Gasteiger partial charge is 0.386 e. The van der Waals surface area contributed by atoms with Crippen molar-refractivity contribution < 1.29 is 5.11 Å². The minimum absolute atomic E-state index is 0.0215. The summed E-state index contributed by atoms with van der Waals surface area (Å²) in [6.45, 7) is 1.94. The monoisotopic (exact) mass is 414 g/mol. The Morgan fingerprint density at radius 3 is 1.93 bits per heavy atom. The zero-order valence-electron chi connectivity index (χ0n) is 17.2. The van der Waals surface area contributed by atoms with E-state index in [-0.39, 0.29) is 11.3 Å². The highest BCUT2D eigenvalue weighted by molar-refractivity contribution is 7.99. The molecule has 0 amide bonds. The highest BCUT2D eigenvalue weighted by Crippen LogP contribution is 2.37. The van der Waals surface area contributed by atoms with Crippen molar-refractivity contribution in [3.05, 3.63) is 114 Å². The van der Waals surface area contributed by atoms with Crippen molar-refractivity contribution in [1.29, 1.82) is 5.26 Å². The smallest absolute Gasteiger partial charge is 0.117 e. The van der Waals surface area contributed by atoms with E-state index in [4.69, 9.17) is 0 Å². The Morgan fingerprint density at radius 2 is 1.40 bits per heavy atom. The Hall–Kier alpha value is -3.00. The van der Waals surface area contributed by atoms with Crippen molar-refractivity contribution >= 4 is 11.8 Å². The third-order valence-corrected chi connectivity index (χ3v) is 6.35. The van der Waals surface area contributed by atoms with Gasteiger partial charge in [-0.2, -0.15) is 5.26 Å². The highest BCUT2D eigenvalue weighted by Gasteiger charge is 2.23. The fourth-order valence-electron chi connectivity index (χ4n) is 3.22. The maximum atomic E-state index is 10.8. The minimum atomic E-state index is -0.690. The first-order valence-electron chi connectivity index (χ1n) is 9.94. The summed E-state index contributed by atoms with van der Waals surface area (Å²) in [4.78, 5) is 3.00. The third kappa shape index (κ3) is 5.54. The molecule has 30 heavy (non-hydrogen) atoms. The fraction of sp³-hybridized carbons (Fsp3) is 0.192. The molecule has 3 aromatic carbocycles. The maximum Gasteiger partial charge on any atom is 0.117 e. The van der Waals surface area contributed by atoms with Gasteiger partial charge in [-0.15, -0.1) is 11.8 Å². The number of nitriles is 1. The van der Waals surface area contributed by atoms with Crippen LogP contribution in [0, 0.1) is 11.3 Å². The Labute approximate surface area is 183 Å². The van der Waals surface area contributed by atoms with Gasteiger partial charge in [0.1, 0.15) is 11.8 Å². The first-order chi connectivity index (χ1) is 14.6. The highest BCUT2D eigenvalue weighted by atomic mass is 32.2. The van der Waals surface area contributed by atoms with Gasteiger partial charge in [-0.25, -0.2) is 0 Å². The fourth-order valence-corrected chi connectivity index (χ4v) is 4.32. The predicted molar refractivity (Wildman–Crippen MR) is 124 cm³/mol. The molecule has 0 aliphatic carbocycles. The molecule has 3 rings (SSSR count). The molecule has 1 N–H and O–H groups in total. The Kier molecular flexibility index (Phi) is 7.73. The number of benzene rings is 3. The maximum absolute atomic E-state index is 10.8. The van der Waals surface area contributed by atoms with Crippen molar-refractivity contribution in [2.45, 2.75) is 29.2 Å².